The summed E-state index contributed by atoms with van der Waals surface area (Å²) < 4.78 is 13.1. The van der Waals surface area contributed by atoms with Gasteiger partial charge in [-0.05, 0) is 17.7 Å². The number of benzene rings is 1. The van der Waals surface area contributed by atoms with E-state index in [0.717, 1.165) is 17.1 Å². The van der Waals surface area contributed by atoms with Crippen LogP contribution in [0.15, 0.2) is 29.9 Å². The number of thioether (sulfide) groups is 1. The molecule has 1 aliphatic heterocycles. The van der Waals surface area contributed by atoms with Crippen LogP contribution in [-0.4, -0.2) is 28.0 Å². The van der Waals surface area contributed by atoms with E-state index in [1.165, 1.54) is 11.8 Å². The lowest BCUT2D eigenvalue weighted by Gasteiger charge is -2.11. The Bertz CT molecular complexity index is 720. The van der Waals surface area contributed by atoms with Crippen molar-refractivity contribution in [2.45, 2.75) is 23.9 Å². The van der Waals surface area contributed by atoms with Gasteiger partial charge in [-0.3, -0.25) is 4.57 Å². The van der Waals surface area contributed by atoms with Crippen molar-refractivity contribution >= 4 is 29.3 Å². The van der Waals surface area contributed by atoms with Crippen LogP contribution in [-0.2, 0) is 12.3 Å². The molecule has 2 heterocycles. The summed E-state index contributed by atoms with van der Waals surface area (Å²) in [6.07, 6.45) is 2.60. The fourth-order valence-corrected chi connectivity index (χ4v) is 3.40. The minimum Gasteiger partial charge on any atom is -0.489 e. The van der Waals surface area contributed by atoms with Crippen molar-refractivity contribution in [1.29, 1.82) is 0 Å². The second kappa shape index (κ2) is 7.14. The first kappa shape index (κ1) is 16.0. The molecule has 1 aliphatic rings. The third kappa shape index (κ3) is 3.56. The predicted octanol–water partition coefficient (Wildman–Crippen LogP) is 3.15. The fourth-order valence-electron chi connectivity index (χ4n) is 2.22. The number of nitrogens with two attached hydrogens (primary N) is 1. The van der Waals surface area contributed by atoms with Crippen LogP contribution in [0, 0.1) is 0 Å². The van der Waals surface area contributed by atoms with Crippen molar-refractivity contribution in [3.63, 3.8) is 0 Å². The van der Waals surface area contributed by atoms with Crippen LogP contribution in [0.5, 0.6) is 11.5 Å². The van der Waals surface area contributed by atoms with E-state index in [9.17, 15) is 0 Å². The molecule has 8 heteroatoms. The van der Waals surface area contributed by atoms with E-state index in [2.05, 4.69) is 16.8 Å². The van der Waals surface area contributed by atoms with Gasteiger partial charge in [0, 0.05) is 18.7 Å². The number of ether oxygens (including phenoxy) is 2. The van der Waals surface area contributed by atoms with Gasteiger partial charge in [-0.15, -0.1) is 16.8 Å². The van der Waals surface area contributed by atoms with Crippen LogP contribution in [0.4, 0.5) is 5.95 Å². The quantitative estimate of drug-likeness (QED) is 0.658. The molecule has 1 aromatic carbocycles. The first-order valence-corrected chi connectivity index (χ1v) is 8.56. The molecule has 0 saturated carbocycles. The molecule has 2 N–H and O–H groups in total. The zero-order chi connectivity index (χ0) is 16.2. The molecule has 6 nitrogen and oxygen atoms in total. The number of allylic oxidation sites excluding steroid dienone is 1. The molecule has 0 fully saturated rings. The van der Waals surface area contributed by atoms with Gasteiger partial charge >= 0.3 is 0 Å². The number of rotatable bonds is 5. The standard InChI is InChI=1S/C15H17ClN4O2S/c1-2-4-20-14(17)18-19-15(20)23-9-10-7-11(16)13-12(8-10)21-5-3-6-22-13/h2,7-8H,1,3-6,9H2,(H2,17,18). The first-order valence-electron chi connectivity index (χ1n) is 7.19. The highest BCUT2D eigenvalue weighted by molar-refractivity contribution is 7.98. The Kier molecular flexibility index (Phi) is 4.97. The number of fused-ring (bicyclic) bond motifs is 1. The third-order valence-electron chi connectivity index (χ3n) is 3.29. The predicted molar refractivity (Wildman–Crippen MR) is 91.3 cm³/mol. The van der Waals surface area contributed by atoms with Gasteiger partial charge in [0.05, 0.1) is 18.2 Å². The Morgan fingerprint density at radius 2 is 2.17 bits per heavy atom. The number of nitrogen functional groups attached to an aromatic ring is 1. The highest BCUT2D eigenvalue weighted by Gasteiger charge is 2.16. The lowest BCUT2D eigenvalue weighted by Crippen LogP contribution is -2.03. The molecular formula is C15H17ClN4O2S. The molecule has 3 rings (SSSR count). The molecule has 0 unspecified atom stereocenters. The number of hydrogen-bond donors (Lipinski definition) is 1. The monoisotopic (exact) mass is 352 g/mol. The summed E-state index contributed by atoms with van der Waals surface area (Å²) in [5.41, 5.74) is 6.82. The molecule has 0 spiro atoms. The number of halogens is 1. The van der Waals surface area contributed by atoms with Gasteiger partial charge in [0.25, 0.3) is 0 Å². The van der Waals surface area contributed by atoms with Crippen LogP contribution in [0.2, 0.25) is 5.02 Å². The lowest BCUT2D eigenvalue weighted by atomic mass is 10.2. The van der Waals surface area contributed by atoms with Crippen molar-refractivity contribution < 1.29 is 9.47 Å². The highest BCUT2D eigenvalue weighted by atomic mass is 35.5. The van der Waals surface area contributed by atoms with Gasteiger partial charge in [0.1, 0.15) is 0 Å². The highest BCUT2D eigenvalue weighted by Crippen LogP contribution is 2.39. The topological polar surface area (TPSA) is 75.2 Å². The minimum absolute atomic E-state index is 0.379. The normalized spacial score (nSPS) is 13.6. The fraction of sp³-hybridized carbons (Fsp3) is 0.333. The van der Waals surface area contributed by atoms with Gasteiger partial charge in [-0.1, -0.05) is 29.4 Å². The lowest BCUT2D eigenvalue weighted by molar-refractivity contribution is 0.297. The van der Waals surface area contributed by atoms with Gasteiger partial charge in [-0.2, -0.15) is 0 Å². The summed E-state index contributed by atoms with van der Waals surface area (Å²) in [4.78, 5) is 0. The Hall–Kier alpha value is -1.86. The average Bonchev–Trinajstić information content (AvgIpc) is 2.75. The smallest absolute Gasteiger partial charge is 0.222 e. The Morgan fingerprint density at radius 3 is 3.00 bits per heavy atom. The van der Waals surface area contributed by atoms with E-state index in [1.54, 1.807) is 6.08 Å². The van der Waals surface area contributed by atoms with Crippen molar-refractivity contribution in [2.75, 3.05) is 18.9 Å². The molecule has 0 saturated heterocycles. The van der Waals surface area contributed by atoms with Crippen LogP contribution in [0.25, 0.3) is 0 Å². The summed E-state index contributed by atoms with van der Waals surface area (Å²) in [6.45, 7) is 5.53. The van der Waals surface area contributed by atoms with E-state index in [0.29, 0.717) is 48.0 Å². The van der Waals surface area contributed by atoms with Crippen LogP contribution in [0.1, 0.15) is 12.0 Å². The SMILES string of the molecule is C=CCn1c(N)nnc1SCc1cc(Cl)c2c(c1)OCCCO2. The van der Waals surface area contributed by atoms with Crippen molar-refractivity contribution in [3.8, 4) is 11.5 Å². The second-order valence-corrected chi connectivity index (χ2v) is 6.33. The average molecular weight is 353 g/mol. The van der Waals surface area contributed by atoms with E-state index in [-0.39, 0.29) is 0 Å². The summed E-state index contributed by atoms with van der Waals surface area (Å²) in [5.74, 6) is 2.37. The summed E-state index contributed by atoms with van der Waals surface area (Å²) in [5, 5.41) is 9.29. The van der Waals surface area contributed by atoms with E-state index >= 15 is 0 Å². The minimum atomic E-state index is 0.379. The zero-order valence-corrected chi connectivity index (χ0v) is 14.1. The van der Waals surface area contributed by atoms with Crippen LogP contribution < -0.4 is 15.2 Å². The summed E-state index contributed by atoms with van der Waals surface area (Å²) in [6, 6.07) is 3.84. The molecule has 2 aromatic rings. The Balaban J connectivity index is 1.77. The number of nitrogens with zero attached hydrogens (tertiary/aromatic N) is 3. The molecular weight excluding hydrogens is 336 g/mol. The number of aromatic nitrogens is 3. The second-order valence-electron chi connectivity index (χ2n) is 4.98. The molecule has 0 amide bonds. The van der Waals surface area contributed by atoms with Gasteiger partial charge in [0.15, 0.2) is 16.7 Å². The van der Waals surface area contributed by atoms with E-state index < -0.39 is 0 Å². The maximum atomic E-state index is 6.31. The molecule has 122 valence electrons. The summed E-state index contributed by atoms with van der Waals surface area (Å²) >= 11 is 7.84. The van der Waals surface area contributed by atoms with Crippen molar-refractivity contribution in [1.82, 2.24) is 14.8 Å². The maximum absolute atomic E-state index is 6.31. The molecule has 0 aliphatic carbocycles. The molecule has 23 heavy (non-hydrogen) atoms. The number of anilines is 1. The summed E-state index contributed by atoms with van der Waals surface area (Å²) in [7, 11) is 0. The Labute approximate surface area is 143 Å². The van der Waals surface area contributed by atoms with Crippen molar-refractivity contribution in [2.24, 2.45) is 0 Å². The first-order chi connectivity index (χ1) is 11.2. The van der Waals surface area contributed by atoms with Gasteiger partial charge in [0.2, 0.25) is 5.95 Å². The molecule has 0 radical (unpaired) electrons. The van der Waals surface area contributed by atoms with Gasteiger partial charge < -0.3 is 15.2 Å². The maximum Gasteiger partial charge on any atom is 0.222 e. The van der Waals surface area contributed by atoms with Crippen LogP contribution in [0.3, 0.4) is 0 Å². The van der Waals surface area contributed by atoms with Crippen molar-refractivity contribution in [3.05, 3.63) is 35.4 Å². The molecule has 0 atom stereocenters. The van der Waals surface area contributed by atoms with Gasteiger partial charge in [-0.25, -0.2) is 0 Å². The van der Waals surface area contributed by atoms with Crippen LogP contribution >= 0.6 is 23.4 Å². The third-order valence-corrected chi connectivity index (χ3v) is 4.61. The van der Waals surface area contributed by atoms with E-state index in [1.807, 2.05) is 16.7 Å². The largest absolute Gasteiger partial charge is 0.489 e. The molecule has 1 aromatic heterocycles. The molecule has 0 bridgehead atoms. The number of hydrogen-bond acceptors (Lipinski definition) is 6. The zero-order valence-electron chi connectivity index (χ0n) is 12.5. The van der Waals surface area contributed by atoms with E-state index in [4.69, 9.17) is 26.8 Å². The Morgan fingerprint density at radius 1 is 1.35 bits per heavy atom.